The molecule has 0 bridgehead atoms. The fourth-order valence-corrected chi connectivity index (χ4v) is 9.23. The lowest BCUT2D eigenvalue weighted by Crippen LogP contribution is -2.59. The van der Waals surface area contributed by atoms with Crippen LogP contribution < -0.4 is 24.8 Å². The van der Waals surface area contributed by atoms with Crippen molar-refractivity contribution in [1.29, 1.82) is 0 Å². The Morgan fingerprint density at radius 3 is 1.31 bits per heavy atom. The molecule has 1 fully saturated rings. The van der Waals surface area contributed by atoms with Crippen LogP contribution in [-0.2, 0) is 14.3 Å². The second kappa shape index (κ2) is 45.7. The lowest BCUT2D eigenvalue weighted by Gasteiger charge is -2.39. The van der Waals surface area contributed by atoms with E-state index in [9.17, 15) is 30.0 Å². The van der Waals surface area contributed by atoms with Gasteiger partial charge >= 0.3 is 0 Å². The molecule has 2 amide bonds. The van der Waals surface area contributed by atoms with Crippen LogP contribution in [0, 0.1) is 0 Å². The van der Waals surface area contributed by atoms with Gasteiger partial charge in [0, 0.05) is 31.7 Å². The number of hydrogen-bond acceptors (Lipinski definition) is 11. The van der Waals surface area contributed by atoms with Crippen molar-refractivity contribution in [2.45, 2.75) is 283 Å². The predicted octanol–water partition coefficient (Wildman–Crippen LogP) is 12.6. The highest BCUT2D eigenvalue weighted by atomic mass is 16.7. The van der Waals surface area contributed by atoms with Gasteiger partial charge in [-0.1, -0.05) is 207 Å². The van der Waals surface area contributed by atoms with E-state index >= 15 is 0 Å². The van der Waals surface area contributed by atoms with E-state index in [-0.39, 0.29) is 18.4 Å². The van der Waals surface area contributed by atoms with Gasteiger partial charge < -0.3 is 54.7 Å². The number of nitrogens with one attached hydrogen (secondary N) is 2. The zero-order chi connectivity index (χ0) is 52.1. The molecule has 72 heavy (non-hydrogen) atoms. The summed E-state index contributed by atoms with van der Waals surface area (Å²) in [5.74, 6) is 1.41. The van der Waals surface area contributed by atoms with Crippen molar-refractivity contribution in [1.82, 2.24) is 10.6 Å². The number of aliphatic hydroxyl groups excluding tert-OH is 4. The van der Waals surface area contributed by atoms with Gasteiger partial charge in [0.25, 0.3) is 5.91 Å². The van der Waals surface area contributed by atoms with Crippen LogP contribution in [0.5, 0.6) is 17.2 Å². The lowest BCUT2D eigenvalue weighted by molar-refractivity contribution is -0.301. The quantitative estimate of drug-likeness (QED) is 0.0341. The number of unbranched alkanes of at least 4 members (excludes halogenated alkanes) is 30. The van der Waals surface area contributed by atoms with Crippen LogP contribution in [0.2, 0.25) is 0 Å². The minimum atomic E-state index is -1.46. The van der Waals surface area contributed by atoms with Gasteiger partial charge in [-0.3, -0.25) is 9.59 Å². The van der Waals surface area contributed by atoms with Crippen LogP contribution in [0.4, 0.5) is 0 Å². The molecule has 0 saturated carbocycles. The second-order valence-corrected chi connectivity index (χ2v) is 20.6. The largest absolute Gasteiger partial charge is 0.490 e. The summed E-state index contributed by atoms with van der Waals surface area (Å²) in [6, 6.07) is 3.61. The fraction of sp³-hybridized carbons (Fsp3) is 0.864. The third-order valence-electron chi connectivity index (χ3n) is 13.9. The Labute approximate surface area is 438 Å². The normalized spacial score (nSPS) is 17.8. The maximum Gasteiger partial charge on any atom is 0.251 e. The molecule has 5 atom stereocenters. The molecule has 13 heteroatoms. The molecule has 1 aromatic rings. The van der Waals surface area contributed by atoms with Crippen molar-refractivity contribution in [3.05, 3.63) is 17.7 Å². The summed E-state index contributed by atoms with van der Waals surface area (Å²) < 4.78 is 30.5. The van der Waals surface area contributed by atoms with Crippen LogP contribution >= 0.6 is 0 Å². The minimum absolute atomic E-state index is 0.0653. The highest BCUT2D eigenvalue weighted by molar-refractivity contribution is 5.95. The van der Waals surface area contributed by atoms with Crippen LogP contribution in [0.25, 0.3) is 0 Å². The number of carbonyl (C=O) groups is 2. The van der Waals surface area contributed by atoms with Crippen molar-refractivity contribution in [3.8, 4) is 17.2 Å². The molecular weight excluding hydrogens is 913 g/mol. The summed E-state index contributed by atoms with van der Waals surface area (Å²) in [6.45, 7) is 9.11. The van der Waals surface area contributed by atoms with E-state index < -0.39 is 37.3 Å². The van der Waals surface area contributed by atoms with Crippen LogP contribution in [0.3, 0.4) is 0 Å². The summed E-state index contributed by atoms with van der Waals surface area (Å²) in [7, 11) is 0. The molecule has 0 aromatic heterocycles. The summed E-state index contributed by atoms with van der Waals surface area (Å²) in [5.41, 5.74) is 0.459. The molecule has 0 radical (unpaired) electrons. The Bertz CT molecular complexity index is 1390. The third-order valence-corrected chi connectivity index (χ3v) is 13.9. The van der Waals surface area contributed by atoms with E-state index in [0.717, 1.165) is 57.8 Å². The molecule has 0 spiro atoms. The van der Waals surface area contributed by atoms with Crippen molar-refractivity contribution in [2.24, 2.45) is 0 Å². The molecule has 1 aliphatic rings. The zero-order valence-electron chi connectivity index (χ0n) is 46.1. The molecule has 1 aliphatic heterocycles. The first kappa shape index (κ1) is 65.4. The van der Waals surface area contributed by atoms with E-state index in [0.29, 0.717) is 75.0 Å². The van der Waals surface area contributed by atoms with Gasteiger partial charge in [0.1, 0.15) is 24.4 Å². The fourth-order valence-electron chi connectivity index (χ4n) is 9.23. The van der Waals surface area contributed by atoms with Gasteiger partial charge in [0.15, 0.2) is 17.8 Å². The minimum Gasteiger partial charge on any atom is -0.490 e. The first-order valence-corrected chi connectivity index (χ1v) is 29.8. The summed E-state index contributed by atoms with van der Waals surface area (Å²) >= 11 is 0. The van der Waals surface area contributed by atoms with E-state index in [1.54, 1.807) is 12.1 Å². The Morgan fingerprint density at radius 2 is 0.861 bits per heavy atom. The van der Waals surface area contributed by atoms with Gasteiger partial charge in [-0.2, -0.15) is 0 Å². The van der Waals surface area contributed by atoms with Gasteiger partial charge in [0.05, 0.1) is 26.4 Å². The first-order valence-electron chi connectivity index (χ1n) is 29.8. The average molecular weight is 1020 g/mol. The molecule has 13 nitrogen and oxygen atoms in total. The Kier molecular flexibility index (Phi) is 41.5. The topological polar surface area (TPSA) is 185 Å². The molecule has 2 rings (SSSR count). The molecule has 420 valence electrons. The summed E-state index contributed by atoms with van der Waals surface area (Å²) in [4.78, 5) is 26.4. The second-order valence-electron chi connectivity index (χ2n) is 20.6. The number of hydrogen-bond donors (Lipinski definition) is 6. The number of rotatable bonds is 50. The van der Waals surface area contributed by atoms with Crippen molar-refractivity contribution in [3.63, 3.8) is 0 Å². The van der Waals surface area contributed by atoms with Crippen LogP contribution in [0.15, 0.2) is 12.1 Å². The molecule has 1 saturated heterocycles. The van der Waals surface area contributed by atoms with Crippen molar-refractivity contribution in [2.75, 3.05) is 46.1 Å². The van der Waals surface area contributed by atoms with Crippen LogP contribution in [-0.4, -0.2) is 109 Å². The maximum atomic E-state index is 13.7. The number of carbonyl (C=O) groups excluding carboxylic acids is 2. The van der Waals surface area contributed by atoms with E-state index in [1.807, 2.05) is 0 Å². The molecule has 1 aromatic carbocycles. The molecule has 0 aliphatic carbocycles. The first-order chi connectivity index (χ1) is 35.3. The van der Waals surface area contributed by atoms with Crippen molar-refractivity contribution < 1.29 is 53.7 Å². The van der Waals surface area contributed by atoms with Gasteiger partial charge in [-0.25, -0.2) is 0 Å². The van der Waals surface area contributed by atoms with E-state index in [1.165, 1.54) is 154 Å². The van der Waals surface area contributed by atoms with Gasteiger partial charge in [-0.05, 0) is 50.7 Å². The number of aliphatic hydroxyl groups is 4. The molecule has 1 heterocycles. The molecule has 0 unspecified atom stereocenters. The average Bonchev–Trinajstić information content (AvgIpc) is 3.38. The van der Waals surface area contributed by atoms with Crippen molar-refractivity contribution >= 4 is 11.8 Å². The Morgan fingerprint density at radius 1 is 0.472 bits per heavy atom. The standard InChI is InChI=1S/C59H108N2O11/c1-4-7-10-13-16-19-22-25-29-34-42-68-50-46-49(58(67)61-41-38-39-53(63)60-40-33-28-32-37-45-71-59-56(66)55(65)54(64)52(48-62)72-59)47-51(69-43-35-30-26-23-20-17-14-11-8-5-2)57(50)70-44-36-31-27-24-21-18-15-12-9-6-3/h46-47,52,54-56,59,62,64-66H,4-45,48H2,1-3H3,(H,60,63)(H,61,67)/t52-,54+,55+,56-,59-/m1/s1. The number of amides is 2. The molecule has 6 N–H and O–H groups in total. The number of ether oxygens (including phenoxy) is 5. The highest BCUT2D eigenvalue weighted by Gasteiger charge is 2.44. The Balaban J connectivity index is 1.94. The predicted molar refractivity (Wildman–Crippen MR) is 291 cm³/mol. The zero-order valence-corrected chi connectivity index (χ0v) is 46.1. The third kappa shape index (κ3) is 31.9. The SMILES string of the molecule is CCCCCCCCCCCCOc1cc(C(=O)NCCCC(=O)NCCCCCCO[C@@H]2O[C@H](CO)[C@H](O)[C@H](O)[C@H]2O)cc(OCCCCCCCCCCCC)c1OCCCCCCCCCCCC. The highest BCUT2D eigenvalue weighted by Crippen LogP contribution is 2.40. The monoisotopic (exact) mass is 1020 g/mol. The maximum absolute atomic E-state index is 13.7. The number of benzene rings is 1. The summed E-state index contributed by atoms with van der Waals surface area (Å²) in [5, 5.41) is 45.4. The molecular formula is C59H108N2O11. The lowest BCUT2D eigenvalue weighted by atomic mass is 9.99. The summed E-state index contributed by atoms with van der Waals surface area (Å²) in [6.07, 6.45) is 34.8. The Hall–Kier alpha value is -2.68. The van der Waals surface area contributed by atoms with E-state index in [2.05, 4.69) is 31.4 Å². The van der Waals surface area contributed by atoms with E-state index in [4.69, 9.17) is 23.7 Å². The van der Waals surface area contributed by atoms with Gasteiger partial charge in [-0.15, -0.1) is 0 Å². The van der Waals surface area contributed by atoms with Gasteiger partial charge in [0.2, 0.25) is 11.7 Å². The van der Waals surface area contributed by atoms with Crippen LogP contribution in [0.1, 0.15) is 262 Å². The smallest absolute Gasteiger partial charge is 0.251 e.